The number of aromatic hydroxyl groups is 1. The lowest BCUT2D eigenvalue weighted by molar-refractivity contribution is 0.0951. The van der Waals surface area contributed by atoms with Gasteiger partial charge in [0.15, 0.2) is 0 Å². The number of hydrogen-bond donors (Lipinski definition) is 2. The van der Waals surface area contributed by atoms with Gasteiger partial charge in [-0.3, -0.25) is 4.79 Å². The molecule has 0 aromatic heterocycles. The molecule has 82 valence electrons. The van der Waals surface area contributed by atoms with Gasteiger partial charge in [-0.1, -0.05) is 38.8 Å². The summed E-state index contributed by atoms with van der Waals surface area (Å²) in [6, 6.07) is 4.75. The van der Waals surface area contributed by atoms with Crippen molar-refractivity contribution < 1.29 is 9.90 Å². The zero-order valence-electron chi connectivity index (χ0n) is 8.13. The van der Waals surface area contributed by atoms with E-state index in [9.17, 15) is 9.90 Å². The first-order valence-electron chi connectivity index (χ1n) is 4.41. The summed E-state index contributed by atoms with van der Waals surface area (Å²) in [4.78, 5) is 11.8. The molecule has 0 aliphatic heterocycles. The summed E-state index contributed by atoms with van der Waals surface area (Å²) < 4.78 is 0.761. The highest BCUT2D eigenvalue weighted by molar-refractivity contribution is 9.10. The first kappa shape index (κ1) is 12.5. The van der Waals surface area contributed by atoms with E-state index in [-0.39, 0.29) is 22.0 Å². The van der Waals surface area contributed by atoms with Crippen molar-refractivity contribution in [1.82, 2.24) is 5.32 Å². The molecule has 0 heterocycles. The average molecular weight is 337 g/mol. The van der Waals surface area contributed by atoms with E-state index in [0.29, 0.717) is 6.54 Å². The summed E-state index contributed by atoms with van der Waals surface area (Å²) in [5, 5.41) is 12.2. The molecule has 2 N–H and O–H groups in total. The molecule has 0 fully saturated rings. The Morgan fingerprint density at radius 1 is 1.60 bits per heavy atom. The molecule has 0 saturated carbocycles. The lowest BCUT2D eigenvalue weighted by Gasteiger charge is -2.08. The van der Waals surface area contributed by atoms with Gasteiger partial charge in [0.05, 0.1) is 5.56 Å². The molecule has 1 rings (SSSR count). The van der Waals surface area contributed by atoms with Crippen molar-refractivity contribution in [3.63, 3.8) is 0 Å². The van der Waals surface area contributed by atoms with E-state index < -0.39 is 0 Å². The van der Waals surface area contributed by atoms with Crippen molar-refractivity contribution in [2.45, 2.75) is 11.8 Å². The molecule has 0 radical (unpaired) electrons. The van der Waals surface area contributed by atoms with Gasteiger partial charge in [-0.25, -0.2) is 0 Å². The number of hydrogen-bond acceptors (Lipinski definition) is 2. The van der Waals surface area contributed by atoms with Gasteiger partial charge in [0, 0.05) is 15.8 Å². The fourth-order valence-corrected chi connectivity index (χ4v) is 1.54. The number of alkyl halides is 1. The number of nitrogens with one attached hydrogen (secondary N) is 1. The van der Waals surface area contributed by atoms with Gasteiger partial charge in [0.2, 0.25) is 0 Å². The maximum atomic E-state index is 11.6. The predicted octanol–water partition coefficient (Wildman–Crippen LogP) is 2.67. The number of phenols is 1. The van der Waals surface area contributed by atoms with Gasteiger partial charge < -0.3 is 10.4 Å². The van der Waals surface area contributed by atoms with Crippen molar-refractivity contribution in [3.05, 3.63) is 28.2 Å². The zero-order chi connectivity index (χ0) is 11.4. The molecule has 1 aromatic rings. The quantitative estimate of drug-likeness (QED) is 0.834. The van der Waals surface area contributed by atoms with Crippen molar-refractivity contribution in [2.24, 2.45) is 0 Å². The molecular formula is C10H11Br2NO2. The summed E-state index contributed by atoms with van der Waals surface area (Å²) in [5.74, 6) is -0.293. The lowest BCUT2D eigenvalue weighted by Crippen LogP contribution is -2.28. The van der Waals surface area contributed by atoms with Gasteiger partial charge >= 0.3 is 0 Å². The minimum Gasteiger partial charge on any atom is -0.507 e. The first-order valence-corrected chi connectivity index (χ1v) is 6.12. The number of halogens is 2. The lowest BCUT2D eigenvalue weighted by atomic mass is 10.2. The fourth-order valence-electron chi connectivity index (χ4n) is 1.02. The Morgan fingerprint density at radius 3 is 2.87 bits per heavy atom. The second-order valence-corrected chi connectivity index (χ2v) is 5.63. The smallest absolute Gasteiger partial charge is 0.255 e. The Kier molecular flexibility index (Phi) is 4.60. The first-order chi connectivity index (χ1) is 7.00. The number of phenolic OH excluding ortho intramolecular Hbond substituents is 1. The second-order valence-electron chi connectivity index (χ2n) is 3.15. The van der Waals surface area contributed by atoms with E-state index in [1.54, 1.807) is 12.1 Å². The second kappa shape index (κ2) is 5.51. The van der Waals surface area contributed by atoms with Crippen LogP contribution in [0.2, 0.25) is 0 Å². The van der Waals surface area contributed by atoms with Crippen LogP contribution in [-0.2, 0) is 0 Å². The molecule has 1 atom stereocenters. The number of carbonyl (C=O) groups excluding carboxylic acids is 1. The molecule has 0 aliphatic rings. The van der Waals surface area contributed by atoms with E-state index in [2.05, 4.69) is 37.2 Å². The van der Waals surface area contributed by atoms with Crippen LogP contribution in [0.4, 0.5) is 0 Å². The standard InChI is InChI=1S/C10H11Br2NO2/c1-6(11)5-13-10(15)8-4-7(12)2-3-9(8)14/h2-4,6,14H,5H2,1H3,(H,13,15). The minimum atomic E-state index is -0.278. The van der Waals surface area contributed by atoms with Crippen LogP contribution in [0.15, 0.2) is 22.7 Å². The highest BCUT2D eigenvalue weighted by atomic mass is 79.9. The summed E-state index contributed by atoms with van der Waals surface area (Å²) >= 11 is 6.57. The summed E-state index contributed by atoms with van der Waals surface area (Å²) in [5.41, 5.74) is 0.275. The number of rotatable bonds is 3. The largest absolute Gasteiger partial charge is 0.507 e. The minimum absolute atomic E-state index is 0.0158. The van der Waals surface area contributed by atoms with Crippen LogP contribution in [0.1, 0.15) is 17.3 Å². The molecule has 3 nitrogen and oxygen atoms in total. The molecular weight excluding hydrogens is 326 g/mol. The van der Waals surface area contributed by atoms with Gasteiger partial charge in [-0.05, 0) is 18.2 Å². The van der Waals surface area contributed by atoms with Crippen molar-refractivity contribution in [3.8, 4) is 5.75 Å². The van der Waals surface area contributed by atoms with Gasteiger partial charge in [-0.15, -0.1) is 0 Å². The van der Waals surface area contributed by atoms with Crippen LogP contribution >= 0.6 is 31.9 Å². The van der Waals surface area contributed by atoms with Crippen molar-refractivity contribution in [1.29, 1.82) is 0 Å². The van der Waals surface area contributed by atoms with Crippen molar-refractivity contribution in [2.75, 3.05) is 6.54 Å². The van der Waals surface area contributed by atoms with Crippen LogP contribution < -0.4 is 5.32 Å². The third-order valence-electron chi connectivity index (χ3n) is 1.75. The van der Waals surface area contributed by atoms with E-state index in [1.807, 2.05) is 6.92 Å². The third kappa shape index (κ3) is 3.83. The molecule has 0 aliphatic carbocycles. The normalized spacial score (nSPS) is 12.2. The zero-order valence-corrected chi connectivity index (χ0v) is 11.3. The number of benzene rings is 1. The van der Waals surface area contributed by atoms with Crippen LogP contribution in [0.25, 0.3) is 0 Å². The Hall–Kier alpha value is -0.550. The van der Waals surface area contributed by atoms with E-state index >= 15 is 0 Å². The summed E-state index contributed by atoms with van der Waals surface area (Å²) in [6.07, 6.45) is 0. The molecule has 0 saturated heterocycles. The van der Waals surface area contributed by atoms with E-state index in [0.717, 1.165) is 4.47 Å². The summed E-state index contributed by atoms with van der Waals surface area (Å²) in [7, 11) is 0. The maximum Gasteiger partial charge on any atom is 0.255 e. The molecule has 0 spiro atoms. The molecule has 15 heavy (non-hydrogen) atoms. The molecule has 1 aromatic carbocycles. The average Bonchev–Trinajstić information content (AvgIpc) is 2.18. The summed E-state index contributed by atoms with van der Waals surface area (Å²) in [6.45, 7) is 2.45. The van der Waals surface area contributed by atoms with Crippen LogP contribution in [0, 0.1) is 0 Å². The molecule has 5 heteroatoms. The molecule has 1 amide bonds. The predicted molar refractivity (Wildman–Crippen MR) is 66.5 cm³/mol. The van der Waals surface area contributed by atoms with Gasteiger partial charge in [0.1, 0.15) is 5.75 Å². The highest BCUT2D eigenvalue weighted by Gasteiger charge is 2.11. The Bertz CT molecular complexity index is 366. The third-order valence-corrected chi connectivity index (χ3v) is 2.56. The van der Waals surface area contributed by atoms with Crippen LogP contribution in [0.3, 0.4) is 0 Å². The van der Waals surface area contributed by atoms with Crippen molar-refractivity contribution >= 4 is 37.8 Å². The number of carbonyl (C=O) groups is 1. The topological polar surface area (TPSA) is 49.3 Å². The van der Waals surface area contributed by atoms with E-state index in [4.69, 9.17) is 0 Å². The highest BCUT2D eigenvalue weighted by Crippen LogP contribution is 2.21. The maximum absolute atomic E-state index is 11.6. The molecule has 0 bridgehead atoms. The van der Waals surface area contributed by atoms with Gasteiger partial charge in [-0.2, -0.15) is 0 Å². The Balaban J connectivity index is 2.77. The van der Waals surface area contributed by atoms with Crippen LogP contribution in [0.5, 0.6) is 5.75 Å². The Labute approximate surface area is 105 Å². The molecule has 1 unspecified atom stereocenters. The Morgan fingerprint density at radius 2 is 2.27 bits per heavy atom. The van der Waals surface area contributed by atoms with E-state index in [1.165, 1.54) is 6.07 Å². The monoisotopic (exact) mass is 335 g/mol. The fraction of sp³-hybridized carbons (Fsp3) is 0.300. The SMILES string of the molecule is CC(Br)CNC(=O)c1cc(Br)ccc1O. The number of amides is 1. The van der Waals surface area contributed by atoms with Crippen LogP contribution in [-0.4, -0.2) is 22.4 Å². The van der Waals surface area contributed by atoms with Gasteiger partial charge in [0.25, 0.3) is 5.91 Å².